The van der Waals surface area contributed by atoms with Crippen LogP contribution in [0, 0.1) is 23.0 Å². The van der Waals surface area contributed by atoms with E-state index in [1.54, 1.807) is 18.0 Å². The van der Waals surface area contributed by atoms with Crippen LogP contribution in [0.4, 0.5) is 14.5 Å². The lowest BCUT2D eigenvalue weighted by Gasteiger charge is -2.29. The predicted molar refractivity (Wildman–Crippen MR) is 71.0 cm³/mol. The van der Waals surface area contributed by atoms with E-state index in [9.17, 15) is 8.78 Å². The van der Waals surface area contributed by atoms with E-state index in [1.165, 1.54) is 12.8 Å². The summed E-state index contributed by atoms with van der Waals surface area (Å²) in [6.45, 7) is 0. The molecule has 1 saturated carbocycles. The zero-order valence-corrected chi connectivity index (χ0v) is 11.1. The summed E-state index contributed by atoms with van der Waals surface area (Å²) >= 11 is 0. The molecule has 1 fully saturated rings. The van der Waals surface area contributed by atoms with Gasteiger partial charge < -0.3 is 4.90 Å². The molecule has 1 aliphatic carbocycles. The minimum absolute atomic E-state index is 0.00843. The topological polar surface area (TPSA) is 27.0 Å². The molecule has 1 aromatic rings. The van der Waals surface area contributed by atoms with Gasteiger partial charge in [-0.05, 0) is 25.0 Å². The first-order chi connectivity index (χ1) is 9.13. The first-order valence-corrected chi connectivity index (χ1v) is 6.75. The Morgan fingerprint density at radius 1 is 1.11 bits per heavy atom. The summed E-state index contributed by atoms with van der Waals surface area (Å²) in [6.07, 6.45) is 6.54. The van der Waals surface area contributed by atoms with Crippen molar-refractivity contribution in [3.8, 4) is 6.07 Å². The van der Waals surface area contributed by atoms with Crippen LogP contribution < -0.4 is 4.90 Å². The van der Waals surface area contributed by atoms with Crippen molar-refractivity contribution in [2.75, 3.05) is 11.9 Å². The molecule has 102 valence electrons. The maximum Gasteiger partial charge on any atom is 0.150 e. The van der Waals surface area contributed by atoms with Gasteiger partial charge in [0.1, 0.15) is 5.69 Å². The molecule has 0 heterocycles. The fourth-order valence-corrected chi connectivity index (χ4v) is 2.79. The highest BCUT2D eigenvalue weighted by molar-refractivity contribution is 5.52. The van der Waals surface area contributed by atoms with Crippen LogP contribution in [0.15, 0.2) is 12.1 Å². The van der Waals surface area contributed by atoms with E-state index in [4.69, 9.17) is 5.26 Å². The molecule has 2 nitrogen and oxygen atoms in total. The predicted octanol–water partition coefficient (Wildman–Crippen LogP) is 4.00. The Balaban J connectivity index is 2.27. The molecule has 0 amide bonds. The molecule has 0 saturated heterocycles. The SMILES string of the molecule is CN(c1c(F)cc(C#N)cc1F)C1CCCCCC1. The molecular formula is C15H18F2N2. The Hall–Kier alpha value is -1.63. The lowest BCUT2D eigenvalue weighted by Crippen LogP contribution is -2.32. The molecule has 0 bridgehead atoms. The highest BCUT2D eigenvalue weighted by Gasteiger charge is 2.23. The van der Waals surface area contributed by atoms with Gasteiger partial charge in [0.2, 0.25) is 0 Å². The second-order valence-corrected chi connectivity index (χ2v) is 5.16. The molecule has 1 aromatic carbocycles. The quantitative estimate of drug-likeness (QED) is 0.755. The highest BCUT2D eigenvalue weighted by atomic mass is 19.1. The van der Waals surface area contributed by atoms with Crippen LogP contribution in [0.25, 0.3) is 0 Å². The number of hydrogen-bond acceptors (Lipinski definition) is 2. The monoisotopic (exact) mass is 264 g/mol. The molecular weight excluding hydrogens is 246 g/mol. The standard InChI is InChI=1S/C15H18F2N2/c1-19(12-6-4-2-3-5-7-12)15-13(16)8-11(10-18)9-14(15)17/h8-9,12H,2-7H2,1H3. The lowest BCUT2D eigenvalue weighted by atomic mass is 10.1. The summed E-state index contributed by atoms with van der Waals surface area (Å²) in [4.78, 5) is 1.71. The van der Waals surface area contributed by atoms with E-state index in [2.05, 4.69) is 0 Å². The zero-order valence-electron chi connectivity index (χ0n) is 11.1. The molecule has 1 aliphatic rings. The van der Waals surface area contributed by atoms with Gasteiger partial charge in [0.25, 0.3) is 0 Å². The molecule has 2 rings (SSSR count). The Morgan fingerprint density at radius 2 is 1.63 bits per heavy atom. The molecule has 0 aliphatic heterocycles. The average Bonchev–Trinajstić information content (AvgIpc) is 2.66. The Morgan fingerprint density at radius 3 is 2.11 bits per heavy atom. The molecule has 0 aromatic heterocycles. The molecule has 0 atom stereocenters. The molecule has 0 unspecified atom stereocenters. The van der Waals surface area contributed by atoms with Gasteiger partial charge in [0.05, 0.1) is 11.6 Å². The van der Waals surface area contributed by atoms with Crippen molar-refractivity contribution in [3.05, 3.63) is 29.3 Å². The number of nitriles is 1. The van der Waals surface area contributed by atoms with Gasteiger partial charge in [-0.15, -0.1) is 0 Å². The third-order valence-electron chi connectivity index (χ3n) is 3.87. The summed E-state index contributed by atoms with van der Waals surface area (Å²) in [5, 5.41) is 8.70. The van der Waals surface area contributed by atoms with Crippen molar-refractivity contribution in [1.29, 1.82) is 5.26 Å². The van der Waals surface area contributed by atoms with Gasteiger partial charge in [0, 0.05) is 13.1 Å². The first kappa shape index (κ1) is 13.8. The number of halogens is 2. The summed E-state index contributed by atoms with van der Waals surface area (Å²) in [7, 11) is 1.74. The maximum absolute atomic E-state index is 14.0. The van der Waals surface area contributed by atoms with Gasteiger partial charge in [-0.25, -0.2) is 8.78 Å². The van der Waals surface area contributed by atoms with Crippen molar-refractivity contribution in [3.63, 3.8) is 0 Å². The number of anilines is 1. The zero-order chi connectivity index (χ0) is 13.8. The summed E-state index contributed by atoms with van der Waals surface area (Å²) in [5.74, 6) is -1.30. The fourth-order valence-electron chi connectivity index (χ4n) is 2.79. The number of rotatable bonds is 2. The maximum atomic E-state index is 14.0. The lowest BCUT2D eigenvalue weighted by molar-refractivity contribution is 0.517. The summed E-state index contributed by atoms with van der Waals surface area (Å²) < 4.78 is 27.9. The van der Waals surface area contributed by atoms with Crippen LogP contribution in [0.1, 0.15) is 44.1 Å². The third kappa shape index (κ3) is 3.04. The smallest absolute Gasteiger partial charge is 0.150 e. The van der Waals surface area contributed by atoms with Gasteiger partial charge in [-0.1, -0.05) is 25.7 Å². The van der Waals surface area contributed by atoms with Crippen molar-refractivity contribution >= 4 is 5.69 Å². The largest absolute Gasteiger partial charge is 0.367 e. The van der Waals surface area contributed by atoms with E-state index in [-0.39, 0.29) is 17.3 Å². The van der Waals surface area contributed by atoms with Crippen molar-refractivity contribution in [2.24, 2.45) is 0 Å². The normalized spacial score (nSPS) is 16.7. The van der Waals surface area contributed by atoms with Crippen LogP contribution in [0.2, 0.25) is 0 Å². The van der Waals surface area contributed by atoms with E-state index in [1.807, 2.05) is 0 Å². The van der Waals surface area contributed by atoms with Crippen LogP contribution in [-0.4, -0.2) is 13.1 Å². The Bertz CT molecular complexity index is 462. The van der Waals surface area contributed by atoms with Crippen LogP contribution in [0.3, 0.4) is 0 Å². The number of hydrogen-bond donors (Lipinski definition) is 0. The van der Waals surface area contributed by atoms with E-state index < -0.39 is 11.6 Å². The van der Waals surface area contributed by atoms with Crippen molar-refractivity contribution in [2.45, 2.75) is 44.6 Å². The van der Waals surface area contributed by atoms with Crippen molar-refractivity contribution < 1.29 is 8.78 Å². The van der Waals surface area contributed by atoms with Gasteiger partial charge in [-0.2, -0.15) is 5.26 Å². The Kier molecular flexibility index (Phi) is 4.36. The minimum atomic E-state index is -0.650. The van der Waals surface area contributed by atoms with Crippen LogP contribution in [-0.2, 0) is 0 Å². The molecule has 0 spiro atoms. The second-order valence-electron chi connectivity index (χ2n) is 5.16. The molecule has 0 N–H and O–H groups in total. The van der Waals surface area contributed by atoms with E-state index >= 15 is 0 Å². The number of nitrogens with zero attached hydrogens (tertiary/aromatic N) is 2. The fraction of sp³-hybridized carbons (Fsp3) is 0.533. The van der Waals surface area contributed by atoms with E-state index in [0.717, 1.165) is 37.8 Å². The average molecular weight is 264 g/mol. The second kappa shape index (κ2) is 6.01. The summed E-state index contributed by atoms with van der Waals surface area (Å²) in [5.41, 5.74) is 0.0129. The van der Waals surface area contributed by atoms with Gasteiger partial charge in [0.15, 0.2) is 11.6 Å². The molecule has 4 heteroatoms. The van der Waals surface area contributed by atoms with Gasteiger partial charge >= 0.3 is 0 Å². The van der Waals surface area contributed by atoms with Gasteiger partial charge in [-0.3, -0.25) is 0 Å². The van der Waals surface area contributed by atoms with E-state index in [0.29, 0.717) is 0 Å². The molecule has 19 heavy (non-hydrogen) atoms. The summed E-state index contributed by atoms with van der Waals surface area (Å²) in [6, 6.07) is 4.15. The third-order valence-corrected chi connectivity index (χ3v) is 3.87. The highest BCUT2D eigenvalue weighted by Crippen LogP contribution is 2.30. The van der Waals surface area contributed by atoms with Crippen LogP contribution >= 0.6 is 0 Å². The molecule has 0 radical (unpaired) electrons. The minimum Gasteiger partial charge on any atom is -0.367 e. The number of benzene rings is 1. The van der Waals surface area contributed by atoms with Crippen LogP contribution in [0.5, 0.6) is 0 Å². The first-order valence-electron chi connectivity index (χ1n) is 6.75. The Labute approximate surface area is 112 Å². The van der Waals surface area contributed by atoms with Crippen molar-refractivity contribution in [1.82, 2.24) is 0 Å².